The van der Waals surface area contributed by atoms with Crippen LogP contribution in [0.25, 0.3) is 0 Å². The van der Waals surface area contributed by atoms with Crippen molar-refractivity contribution in [2.45, 2.75) is 31.7 Å². The molecule has 0 aliphatic carbocycles. The second-order valence-electron chi connectivity index (χ2n) is 5.51. The molecule has 1 N–H and O–H groups in total. The van der Waals surface area contributed by atoms with Crippen molar-refractivity contribution in [3.63, 3.8) is 0 Å². The van der Waals surface area contributed by atoms with E-state index in [0.717, 1.165) is 61.9 Å². The molecule has 1 heterocycles. The lowest BCUT2D eigenvalue weighted by Crippen LogP contribution is -2.45. The quantitative estimate of drug-likeness (QED) is 0.580. The monoisotopic (exact) mass is 354 g/mol. The summed E-state index contributed by atoms with van der Waals surface area (Å²) in [7, 11) is 0. The average molecular weight is 355 g/mol. The number of allylic oxidation sites excluding steroid dienone is 1. The van der Waals surface area contributed by atoms with Crippen LogP contribution in [0.3, 0.4) is 0 Å². The highest BCUT2D eigenvalue weighted by Gasteiger charge is 2.25. The normalized spacial score (nSPS) is 17.6. The first-order valence-electron chi connectivity index (χ1n) is 7.73. The maximum atomic E-state index is 14.3. The summed E-state index contributed by atoms with van der Waals surface area (Å²) in [4.78, 5) is 2.41. The number of halogens is 2. The summed E-state index contributed by atoms with van der Waals surface area (Å²) in [5.41, 5.74) is 0.818. The number of hydrogen-bond donors (Lipinski definition) is 1. The van der Waals surface area contributed by atoms with Crippen molar-refractivity contribution in [1.82, 2.24) is 10.2 Å². The number of piperazine rings is 1. The lowest BCUT2D eigenvalue weighted by atomic mass is 9.97. The number of rotatable bonds is 7. The van der Waals surface area contributed by atoms with Gasteiger partial charge in [-0.2, -0.15) is 0 Å². The van der Waals surface area contributed by atoms with E-state index < -0.39 is 0 Å². The molecule has 2 nitrogen and oxygen atoms in total. The van der Waals surface area contributed by atoms with Crippen LogP contribution in [-0.2, 0) is 0 Å². The van der Waals surface area contributed by atoms with E-state index in [1.165, 1.54) is 0 Å². The van der Waals surface area contributed by atoms with Crippen LogP contribution in [0.4, 0.5) is 4.39 Å². The third-order valence-electron chi connectivity index (χ3n) is 4.06. The minimum Gasteiger partial charge on any atom is -0.314 e. The molecule has 1 aromatic carbocycles. The molecule has 4 heteroatoms. The van der Waals surface area contributed by atoms with E-state index in [1.807, 2.05) is 12.1 Å². The van der Waals surface area contributed by atoms with E-state index in [1.54, 1.807) is 12.1 Å². The third-order valence-corrected chi connectivity index (χ3v) is 4.75. The molecular formula is C17H24BrFN2. The van der Waals surface area contributed by atoms with Crippen molar-refractivity contribution in [3.05, 3.63) is 46.7 Å². The largest absolute Gasteiger partial charge is 0.314 e. The summed E-state index contributed by atoms with van der Waals surface area (Å²) in [5.74, 6) is -0.100. The second kappa shape index (κ2) is 8.66. The molecule has 2 rings (SSSR count). The van der Waals surface area contributed by atoms with E-state index >= 15 is 0 Å². The fourth-order valence-electron chi connectivity index (χ4n) is 2.96. The summed E-state index contributed by atoms with van der Waals surface area (Å²) < 4.78 is 15.2. The third kappa shape index (κ3) is 4.63. The van der Waals surface area contributed by atoms with E-state index in [-0.39, 0.29) is 11.9 Å². The number of nitrogens with one attached hydrogen (secondary N) is 1. The zero-order valence-electron chi connectivity index (χ0n) is 12.5. The highest BCUT2D eigenvalue weighted by molar-refractivity contribution is 9.10. The molecule has 1 aromatic rings. The summed E-state index contributed by atoms with van der Waals surface area (Å²) in [5, 5.41) is 3.37. The highest BCUT2D eigenvalue weighted by Crippen LogP contribution is 2.34. The first kappa shape index (κ1) is 16.7. The number of hydrogen-bond acceptors (Lipinski definition) is 2. The zero-order valence-corrected chi connectivity index (χ0v) is 14.0. The van der Waals surface area contributed by atoms with Crippen molar-refractivity contribution < 1.29 is 4.39 Å². The Bertz CT molecular complexity index is 438. The molecule has 1 saturated heterocycles. The second-order valence-corrected chi connectivity index (χ2v) is 6.36. The molecule has 1 aliphatic heterocycles. The average Bonchev–Trinajstić information content (AvgIpc) is 2.50. The van der Waals surface area contributed by atoms with Gasteiger partial charge in [-0.25, -0.2) is 4.39 Å². The molecular weight excluding hydrogens is 331 g/mol. The molecule has 0 amide bonds. The fraction of sp³-hybridized carbons (Fsp3) is 0.529. The molecule has 0 spiro atoms. The fourth-order valence-corrected chi connectivity index (χ4v) is 3.56. The Hall–Kier alpha value is -0.710. The molecule has 1 atom stereocenters. The van der Waals surface area contributed by atoms with Gasteiger partial charge in [0.25, 0.3) is 0 Å². The lowest BCUT2D eigenvalue weighted by molar-refractivity contribution is 0.159. The van der Waals surface area contributed by atoms with Gasteiger partial charge in [-0.1, -0.05) is 34.5 Å². The Morgan fingerprint density at radius 2 is 2.10 bits per heavy atom. The zero-order chi connectivity index (χ0) is 15.1. The van der Waals surface area contributed by atoms with Crippen molar-refractivity contribution in [3.8, 4) is 0 Å². The summed E-state index contributed by atoms with van der Waals surface area (Å²) >= 11 is 3.54. The number of unbranched alkanes of at least 4 members (excludes halogenated alkanes) is 2. The Kier molecular flexibility index (Phi) is 6.87. The van der Waals surface area contributed by atoms with Crippen molar-refractivity contribution in [2.24, 2.45) is 0 Å². The Morgan fingerprint density at radius 3 is 2.76 bits per heavy atom. The predicted octanol–water partition coefficient (Wildman–Crippen LogP) is 4.28. The van der Waals surface area contributed by atoms with Crippen molar-refractivity contribution >= 4 is 15.9 Å². The molecule has 0 aromatic heterocycles. The van der Waals surface area contributed by atoms with Gasteiger partial charge in [0.05, 0.1) is 0 Å². The number of benzene rings is 1. The summed E-state index contributed by atoms with van der Waals surface area (Å²) in [6.07, 6.45) is 6.21. The van der Waals surface area contributed by atoms with Crippen molar-refractivity contribution in [1.29, 1.82) is 0 Å². The minimum atomic E-state index is -0.100. The van der Waals surface area contributed by atoms with Crippen LogP contribution in [0.15, 0.2) is 35.3 Å². The molecule has 0 saturated carbocycles. The van der Waals surface area contributed by atoms with Crippen LogP contribution in [-0.4, -0.2) is 31.1 Å². The number of nitrogens with zero attached hydrogens (tertiary/aromatic N) is 1. The van der Waals surface area contributed by atoms with Gasteiger partial charge in [0.2, 0.25) is 0 Å². The van der Waals surface area contributed by atoms with Gasteiger partial charge in [-0.05, 0) is 31.4 Å². The van der Waals surface area contributed by atoms with Gasteiger partial charge in [0.1, 0.15) is 5.82 Å². The van der Waals surface area contributed by atoms with Crippen LogP contribution < -0.4 is 5.32 Å². The minimum absolute atomic E-state index is 0.100. The Balaban J connectivity index is 2.15. The van der Waals surface area contributed by atoms with E-state index in [2.05, 4.69) is 32.7 Å². The Labute approximate surface area is 135 Å². The molecule has 0 unspecified atom stereocenters. The predicted molar refractivity (Wildman–Crippen MR) is 89.9 cm³/mol. The maximum absolute atomic E-state index is 14.3. The molecule has 0 radical (unpaired) electrons. The van der Waals surface area contributed by atoms with Gasteiger partial charge in [-0.3, -0.25) is 4.90 Å². The molecule has 0 bridgehead atoms. The van der Waals surface area contributed by atoms with Gasteiger partial charge in [-0.15, -0.1) is 6.58 Å². The standard InChI is InChI=1S/C17H24BrFN2/c1-2-3-4-5-9-16(21-12-10-20-11-13-21)17-14(18)7-6-8-15(17)19/h2,6-8,16,20H,1,3-5,9-13H2/t16-/m1/s1. The lowest BCUT2D eigenvalue weighted by Gasteiger charge is -2.36. The SMILES string of the molecule is C=CCCCC[C@H](c1c(F)cccc1Br)N1CCNCC1. The Morgan fingerprint density at radius 1 is 1.33 bits per heavy atom. The first-order valence-corrected chi connectivity index (χ1v) is 8.53. The van der Waals surface area contributed by atoms with Crippen molar-refractivity contribution in [2.75, 3.05) is 26.2 Å². The molecule has 21 heavy (non-hydrogen) atoms. The first-order chi connectivity index (χ1) is 10.2. The van der Waals surface area contributed by atoms with Gasteiger partial charge >= 0.3 is 0 Å². The van der Waals surface area contributed by atoms with Gasteiger partial charge < -0.3 is 5.32 Å². The maximum Gasteiger partial charge on any atom is 0.129 e. The highest BCUT2D eigenvalue weighted by atomic mass is 79.9. The smallest absolute Gasteiger partial charge is 0.129 e. The molecule has 1 fully saturated rings. The van der Waals surface area contributed by atoms with Crippen LogP contribution in [0, 0.1) is 5.82 Å². The van der Waals surface area contributed by atoms with Crippen LogP contribution in [0.2, 0.25) is 0 Å². The van der Waals surface area contributed by atoms with Gasteiger partial charge in [0.15, 0.2) is 0 Å². The van der Waals surface area contributed by atoms with E-state index in [0.29, 0.717) is 0 Å². The van der Waals surface area contributed by atoms with E-state index in [9.17, 15) is 4.39 Å². The molecule has 1 aliphatic rings. The van der Waals surface area contributed by atoms with Crippen LogP contribution >= 0.6 is 15.9 Å². The van der Waals surface area contributed by atoms with Gasteiger partial charge in [0, 0.05) is 42.3 Å². The summed E-state index contributed by atoms with van der Waals surface area (Å²) in [6, 6.07) is 5.43. The van der Waals surface area contributed by atoms with Crippen LogP contribution in [0.5, 0.6) is 0 Å². The molecule has 116 valence electrons. The van der Waals surface area contributed by atoms with Crippen LogP contribution in [0.1, 0.15) is 37.3 Å². The summed E-state index contributed by atoms with van der Waals surface area (Å²) in [6.45, 7) is 7.69. The topological polar surface area (TPSA) is 15.3 Å². The van der Waals surface area contributed by atoms with E-state index in [4.69, 9.17) is 0 Å².